The fourth-order valence-corrected chi connectivity index (χ4v) is 4.28. The molecule has 0 bridgehead atoms. The van der Waals surface area contributed by atoms with E-state index in [1.54, 1.807) is 4.90 Å². The summed E-state index contributed by atoms with van der Waals surface area (Å²) in [7, 11) is -3.16. The van der Waals surface area contributed by atoms with Gasteiger partial charge in [-0.05, 0) is 13.0 Å². The van der Waals surface area contributed by atoms with E-state index in [9.17, 15) is 18.3 Å². The molecular formula is C9H15NO5S. The number of likely N-dealkylation sites (tertiary alicyclic amines) is 1. The van der Waals surface area contributed by atoms with Gasteiger partial charge in [0.15, 0.2) is 9.84 Å². The molecule has 2 aliphatic rings. The SMILES string of the molecule is O=C(O)C1CCN(C2CS(=O)(=O)CC2O)C1. The number of aliphatic hydroxyl groups is 1. The molecule has 0 radical (unpaired) electrons. The van der Waals surface area contributed by atoms with Gasteiger partial charge in [0.05, 0.1) is 29.6 Å². The molecular weight excluding hydrogens is 234 g/mol. The minimum atomic E-state index is -3.16. The van der Waals surface area contributed by atoms with Crippen LogP contribution in [0.1, 0.15) is 6.42 Å². The number of hydrogen-bond acceptors (Lipinski definition) is 5. The zero-order valence-corrected chi connectivity index (χ0v) is 9.56. The van der Waals surface area contributed by atoms with Gasteiger partial charge >= 0.3 is 5.97 Å². The molecule has 7 heteroatoms. The summed E-state index contributed by atoms with van der Waals surface area (Å²) < 4.78 is 22.6. The van der Waals surface area contributed by atoms with E-state index in [-0.39, 0.29) is 11.5 Å². The van der Waals surface area contributed by atoms with Crippen molar-refractivity contribution in [3.8, 4) is 0 Å². The third-order valence-corrected chi connectivity index (χ3v) is 5.03. The van der Waals surface area contributed by atoms with E-state index in [1.165, 1.54) is 0 Å². The summed E-state index contributed by atoms with van der Waals surface area (Å²) in [4.78, 5) is 12.5. The van der Waals surface area contributed by atoms with E-state index < -0.39 is 33.9 Å². The summed E-state index contributed by atoms with van der Waals surface area (Å²) >= 11 is 0. The second-order valence-electron chi connectivity index (χ2n) is 4.53. The Labute approximate surface area is 93.8 Å². The Morgan fingerprint density at radius 3 is 2.44 bits per heavy atom. The van der Waals surface area contributed by atoms with Crippen LogP contribution in [0, 0.1) is 5.92 Å². The van der Waals surface area contributed by atoms with Crippen molar-refractivity contribution in [1.29, 1.82) is 0 Å². The van der Waals surface area contributed by atoms with Crippen molar-refractivity contribution in [1.82, 2.24) is 4.90 Å². The van der Waals surface area contributed by atoms with E-state index in [4.69, 9.17) is 5.11 Å². The molecule has 3 atom stereocenters. The smallest absolute Gasteiger partial charge is 0.307 e. The lowest BCUT2D eigenvalue weighted by atomic mass is 10.1. The summed E-state index contributed by atoms with van der Waals surface area (Å²) in [5, 5.41) is 18.5. The first kappa shape index (κ1) is 11.8. The Bertz CT molecular complexity index is 393. The number of nitrogens with zero attached hydrogens (tertiary/aromatic N) is 1. The first-order valence-corrected chi connectivity index (χ1v) is 7.06. The highest BCUT2D eigenvalue weighted by Crippen LogP contribution is 2.25. The van der Waals surface area contributed by atoms with Crippen molar-refractivity contribution in [3.63, 3.8) is 0 Å². The molecule has 0 spiro atoms. The van der Waals surface area contributed by atoms with E-state index >= 15 is 0 Å². The van der Waals surface area contributed by atoms with Crippen molar-refractivity contribution >= 4 is 15.8 Å². The third-order valence-electron chi connectivity index (χ3n) is 3.33. The summed E-state index contributed by atoms with van der Waals surface area (Å²) in [5.74, 6) is -1.54. The zero-order valence-electron chi connectivity index (χ0n) is 8.74. The van der Waals surface area contributed by atoms with Crippen LogP contribution < -0.4 is 0 Å². The number of aliphatic hydroxyl groups excluding tert-OH is 1. The topological polar surface area (TPSA) is 94.9 Å². The van der Waals surface area contributed by atoms with Crippen LogP contribution in [-0.4, -0.2) is 66.2 Å². The van der Waals surface area contributed by atoms with Crippen LogP contribution in [0.15, 0.2) is 0 Å². The summed E-state index contributed by atoms with van der Waals surface area (Å²) in [6.07, 6.45) is -0.351. The predicted molar refractivity (Wildman–Crippen MR) is 55.8 cm³/mol. The number of hydrogen-bond donors (Lipinski definition) is 2. The van der Waals surface area contributed by atoms with E-state index in [0.29, 0.717) is 19.5 Å². The molecule has 2 N–H and O–H groups in total. The van der Waals surface area contributed by atoms with Gasteiger partial charge in [-0.3, -0.25) is 9.69 Å². The van der Waals surface area contributed by atoms with Crippen molar-refractivity contribution in [2.75, 3.05) is 24.6 Å². The minimum absolute atomic E-state index is 0.0551. The minimum Gasteiger partial charge on any atom is -0.481 e. The summed E-state index contributed by atoms with van der Waals surface area (Å²) in [5.41, 5.74) is 0. The molecule has 2 rings (SSSR count). The maximum atomic E-state index is 11.3. The van der Waals surface area contributed by atoms with Gasteiger partial charge in [-0.2, -0.15) is 0 Å². The normalized spacial score (nSPS) is 38.9. The third kappa shape index (κ3) is 2.21. The predicted octanol–water partition coefficient (Wildman–Crippen LogP) is -1.45. The van der Waals surface area contributed by atoms with Crippen LogP contribution in [0.4, 0.5) is 0 Å². The second-order valence-corrected chi connectivity index (χ2v) is 6.68. The lowest BCUT2D eigenvalue weighted by Gasteiger charge is -2.24. The molecule has 92 valence electrons. The van der Waals surface area contributed by atoms with Crippen LogP contribution in [0.25, 0.3) is 0 Å². The number of sulfone groups is 1. The largest absolute Gasteiger partial charge is 0.481 e. The highest BCUT2D eigenvalue weighted by atomic mass is 32.2. The Hall–Kier alpha value is -0.660. The van der Waals surface area contributed by atoms with Crippen LogP contribution in [0.2, 0.25) is 0 Å². The van der Waals surface area contributed by atoms with Gasteiger partial charge in [-0.25, -0.2) is 8.42 Å². The average Bonchev–Trinajstić information content (AvgIpc) is 2.69. The van der Waals surface area contributed by atoms with Crippen molar-refractivity contribution in [3.05, 3.63) is 0 Å². The molecule has 2 heterocycles. The number of carbonyl (C=O) groups is 1. The Balaban J connectivity index is 2.03. The lowest BCUT2D eigenvalue weighted by Crippen LogP contribution is -2.42. The first-order valence-electron chi connectivity index (χ1n) is 5.24. The Morgan fingerprint density at radius 2 is 2.00 bits per heavy atom. The quantitative estimate of drug-likeness (QED) is 0.622. The maximum Gasteiger partial charge on any atom is 0.307 e. The van der Waals surface area contributed by atoms with Gasteiger partial charge in [0, 0.05) is 6.54 Å². The van der Waals surface area contributed by atoms with Crippen LogP contribution in [-0.2, 0) is 14.6 Å². The maximum absolute atomic E-state index is 11.3. The lowest BCUT2D eigenvalue weighted by molar-refractivity contribution is -0.141. The highest BCUT2D eigenvalue weighted by Gasteiger charge is 2.43. The van der Waals surface area contributed by atoms with Crippen molar-refractivity contribution < 1.29 is 23.4 Å². The standard InChI is InChI=1S/C9H15NO5S/c11-8-5-16(14,15)4-7(8)10-2-1-6(3-10)9(12)13/h6-8,11H,1-5H2,(H,12,13). The Kier molecular flexibility index (Phi) is 2.93. The van der Waals surface area contributed by atoms with Crippen LogP contribution in [0.3, 0.4) is 0 Å². The van der Waals surface area contributed by atoms with E-state index in [0.717, 1.165) is 0 Å². The molecule has 2 aliphatic heterocycles. The van der Waals surface area contributed by atoms with Gasteiger partial charge in [0.25, 0.3) is 0 Å². The van der Waals surface area contributed by atoms with Crippen molar-refractivity contribution in [2.24, 2.45) is 5.92 Å². The summed E-state index contributed by atoms with van der Waals surface area (Å²) in [6.45, 7) is 0.890. The van der Waals surface area contributed by atoms with Crippen LogP contribution in [0.5, 0.6) is 0 Å². The number of carboxylic acid groups (broad SMARTS) is 1. The monoisotopic (exact) mass is 249 g/mol. The van der Waals surface area contributed by atoms with Gasteiger partial charge in [0.2, 0.25) is 0 Å². The van der Waals surface area contributed by atoms with Gasteiger partial charge in [-0.1, -0.05) is 0 Å². The number of rotatable bonds is 2. The fourth-order valence-electron chi connectivity index (χ4n) is 2.45. The molecule has 6 nitrogen and oxygen atoms in total. The molecule has 0 aromatic heterocycles. The van der Waals surface area contributed by atoms with E-state index in [1.807, 2.05) is 0 Å². The molecule has 2 saturated heterocycles. The molecule has 16 heavy (non-hydrogen) atoms. The second kappa shape index (κ2) is 3.97. The highest BCUT2D eigenvalue weighted by molar-refractivity contribution is 7.91. The summed E-state index contributed by atoms with van der Waals surface area (Å²) in [6, 6.07) is -0.422. The Morgan fingerprint density at radius 1 is 1.31 bits per heavy atom. The fraction of sp³-hybridized carbons (Fsp3) is 0.889. The number of aliphatic carboxylic acids is 1. The molecule has 0 amide bonds. The molecule has 2 fully saturated rings. The number of carboxylic acids is 1. The first-order chi connectivity index (χ1) is 7.39. The molecule has 0 aliphatic carbocycles. The molecule has 0 aromatic rings. The molecule has 3 unspecified atom stereocenters. The van der Waals surface area contributed by atoms with Crippen molar-refractivity contribution in [2.45, 2.75) is 18.6 Å². The van der Waals surface area contributed by atoms with Gasteiger partial charge < -0.3 is 10.2 Å². The van der Waals surface area contributed by atoms with Crippen LogP contribution >= 0.6 is 0 Å². The average molecular weight is 249 g/mol. The molecule has 0 saturated carbocycles. The zero-order chi connectivity index (χ0) is 11.9. The van der Waals surface area contributed by atoms with Gasteiger partial charge in [0.1, 0.15) is 0 Å². The van der Waals surface area contributed by atoms with E-state index in [2.05, 4.69) is 0 Å². The molecule has 0 aromatic carbocycles. The van der Waals surface area contributed by atoms with Gasteiger partial charge in [-0.15, -0.1) is 0 Å².